The van der Waals surface area contributed by atoms with Crippen molar-refractivity contribution in [3.63, 3.8) is 0 Å². The number of anilines is 2. The second kappa shape index (κ2) is 7.57. The van der Waals surface area contributed by atoms with Gasteiger partial charge in [0.05, 0.1) is 0 Å². The number of carbonyl (C=O) groups excluding carboxylic acids is 1. The number of carbonyl (C=O) groups is 1. The molecule has 0 bridgehead atoms. The number of hydrogen-bond donors (Lipinski definition) is 2. The third kappa shape index (κ3) is 4.63. The fourth-order valence-electron chi connectivity index (χ4n) is 2.34. The molecule has 0 saturated heterocycles. The highest BCUT2D eigenvalue weighted by atomic mass is 16.5. The Labute approximate surface area is 145 Å². The molecule has 0 aliphatic carbocycles. The van der Waals surface area contributed by atoms with E-state index in [0.29, 0.717) is 35.5 Å². The van der Waals surface area contributed by atoms with Crippen molar-refractivity contribution in [1.82, 2.24) is 20.4 Å². The number of nitrogens with one attached hydrogen (secondary N) is 2. The summed E-state index contributed by atoms with van der Waals surface area (Å²) in [5.74, 6) is 1.25. The number of aromatic nitrogens is 3. The molecule has 2 aromatic heterocycles. The maximum Gasteiger partial charge on any atom is 0.270 e. The molecule has 128 valence electrons. The maximum atomic E-state index is 12.3. The van der Waals surface area contributed by atoms with Crippen molar-refractivity contribution < 1.29 is 9.32 Å². The van der Waals surface area contributed by atoms with E-state index in [4.69, 9.17) is 4.52 Å². The predicted octanol–water partition coefficient (Wildman–Crippen LogP) is 2.80. The number of amides is 1. The Hall–Kier alpha value is -3.22. The highest BCUT2D eigenvalue weighted by molar-refractivity contribution is 5.92. The lowest BCUT2D eigenvalue weighted by Crippen LogP contribution is -2.27. The minimum Gasteiger partial charge on any atom is -0.360 e. The molecule has 1 aromatic carbocycles. The van der Waals surface area contributed by atoms with Crippen LogP contribution >= 0.6 is 0 Å². The van der Waals surface area contributed by atoms with Crippen molar-refractivity contribution in [1.29, 1.82) is 0 Å². The molecule has 1 amide bonds. The van der Waals surface area contributed by atoms with Gasteiger partial charge in [-0.15, -0.1) is 0 Å². The van der Waals surface area contributed by atoms with Crippen molar-refractivity contribution >= 4 is 17.7 Å². The molecule has 2 heterocycles. The fourth-order valence-corrected chi connectivity index (χ4v) is 2.34. The molecule has 7 nitrogen and oxygen atoms in total. The molecule has 0 unspecified atom stereocenters. The first kappa shape index (κ1) is 16.6. The molecule has 2 N–H and O–H groups in total. The van der Waals surface area contributed by atoms with Crippen molar-refractivity contribution in [3.8, 4) is 0 Å². The third-order valence-electron chi connectivity index (χ3n) is 3.50. The number of nitrogens with zero attached hydrogens (tertiary/aromatic N) is 3. The van der Waals surface area contributed by atoms with Crippen LogP contribution in [0.3, 0.4) is 0 Å². The number of rotatable bonds is 6. The minimum atomic E-state index is -0.235. The van der Waals surface area contributed by atoms with Crippen molar-refractivity contribution in [2.24, 2.45) is 0 Å². The van der Waals surface area contributed by atoms with Crippen LogP contribution in [0.1, 0.15) is 27.5 Å². The maximum absolute atomic E-state index is 12.3. The quantitative estimate of drug-likeness (QED) is 0.718. The van der Waals surface area contributed by atoms with E-state index in [9.17, 15) is 4.79 Å². The van der Waals surface area contributed by atoms with Crippen LogP contribution in [0.4, 0.5) is 11.8 Å². The molecule has 0 atom stereocenters. The molecule has 3 rings (SSSR count). The first-order chi connectivity index (χ1) is 12.1. The smallest absolute Gasteiger partial charge is 0.270 e. The first-order valence-corrected chi connectivity index (χ1v) is 7.98. The van der Waals surface area contributed by atoms with Gasteiger partial charge in [-0.25, -0.2) is 9.97 Å². The van der Waals surface area contributed by atoms with Crippen LogP contribution in [0, 0.1) is 13.8 Å². The van der Waals surface area contributed by atoms with E-state index < -0.39 is 0 Å². The van der Waals surface area contributed by atoms with Gasteiger partial charge in [-0.3, -0.25) is 4.79 Å². The molecular weight excluding hydrogens is 318 g/mol. The van der Waals surface area contributed by atoms with Crippen molar-refractivity contribution in [2.45, 2.75) is 20.3 Å². The van der Waals surface area contributed by atoms with E-state index in [0.717, 1.165) is 6.42 Å². The van der Waals surface area contributed by atoms with E-state index in [1.165, 1.54) is 5.56 Å². The zero-order valence-corrected chi connectivity index (χ0v) is 14.1. The third-order valence-corrected chi connectivity index (χ3v) is 3.50. The monoisotopic (exact) mass is 337 g/mol. The van der Waals surface area contributed by atoms with Gasteiger partial charge >= 0.3 is 0 Å². The summed E-state index contributed by atoms with van der Waals surface area (Å²) in [5.41, 5.74) is 2.17. The van der Waals surface area contributed by atoms with Crippen LogP contribution in [0.15, 0.2) is 47.0 Å². The molecule has 7 heteroatoms. The zero-order chi connectivity index (χ0) is 17.6. The Bertz CT molecular complexity index is 861. The molecule has 0 saturated carbocycles. The predicted molar refractivity (Wildman–Crippen MR) is 93.8 cm³/mol. The van der Waals surface area contributed by atoms with Crippen LogP contribution in [0.2, 0.25) is 0 Å². The van der Waals surface area contributed by atoms with Gasteiger partial charge in [0.25, 0.3) is 5.91 Å². The summed E-state index contributed by atoms with van der Waals surface area (Å²) in [4.78, 5) is 20.8. The standard InChI is InChI=1S/C18H19N5O2/c1-12-10-15(17(24)19-9-8-14-6-4-3-5-7-14)21-18(20-12)22-16-11-13(2)25-23-16/h3-7,10-11H,8-9H2,1-2H3,(H,19,24)(H,20,21,22,23). The Morgan fingerprint density at radius 3 is 2.64 bits per heavy atom. The van der Waals surface area contributed by atoms with Crippen molar-refractivity contribution in [2.75, 3.05) is 11.9 Å². The fraction of sp³-hybridized carbons (Fsp3) is 0.222. The lowest BCUT2D eigenvalue weighted by Gasteiger charge is -2.07. The van der Waals surface area contributed by atoms with Crippen LogP contribution in [0.25, 0.3) is 0 Å². The van der Waals surface area contributed by atoms with Crippen LogP contribution in [-0.4, -0.2) is 27.6 Å². The van der Waals surface area contributed by atoms with E-state index in [-0.39, 0.29) is 5.91 Å². The van der Waals surface area contributed by atoms with E-state index in [1.807, 2.05) is 37.3 Å². The number of aryl methyl sites for hydroxylation is 2. The molecule has 0 spiro atoms. The van der Waals surface area contributed by atoms with Crippen molar-refractivity contribution in [3.05, 3.63) is 65.2 Å². The van der Waals surface area contributed by atoms with Crippen LogP contribution < -0.4 is 10.6 Å². The summed E-state index contributed by atoms with van der Waals surface area (Å²) < 4.78 is 4.99. The van der Waals surface area contributed by atoms with Gasteiger partial charge in [0.1, 0.15) is 11.5 Å². The summed E-state index contributed by atoms with van der Waals surface area (Å²) in [6.07, 6.45) is 0.764. The van der Waals surface area contributed by atoms with Crippen LogP contribution in [0.5, 0.6) is 0 Å². The Morgan fingerprint density at radius 2 is 1.92 bits per heavy atom. The molecule has 0 aliphatic heterocycles. The summed E-state index contributed by atoms with van der Waals surface area (Å²) in [5, 5.41) is 9.65. The molecular formula is C18H19N5O2. The van der Waals surface area contributed by atoms with Crippen LogP contribution in [-0.2, 0) is 6.42 Å². The van der Waals surface area contributed by atoms with E-state index in [2.05, 4.69) is 25.8 Å². The molecule has 0 fully saturated rings. The van der Waals surface area contributed by atoms with Gasteiger partial charge in [0, 0.05) is 18.3 Å². The number of hydrogen-bond acceptors (Lipinski definition) is 6. The highest BCUT2D eigenvalue weighted by Gasteiger charge is 2.11. The Balaban J connectivity index is 1.63. The second-order valence-corrected chi connectivity index (χ2v) is 5.66. The van der Waals surface area contributed by atoms with Gasteiger partial charge < -0.3 is 15.2 Å². The Morgan fingerprint density at radius 1 is 1.12 bits per heavy atom. The molecule has 3 aromatic rings. The van der Waals surface area contributed by atoms with Gasteiger partial charge in [0.15, 0.2) is 5.82 Å². The van der Waals surface area contributed by atoms with E-state index in [1.54, 1.807) is 19.1 Å². The van der Waals surface area contributed by atoms with Gasteiger partial charge in [-0.2, -0.15) is 0 Å². The van der Waals surface area contributed by atoms with Gasteiger partial charge in [0.2, 0.25) is 5.95 Å². The normalized spacial score (nSPS) is 10.5. The molecule has 0 radical (unpaired) electrons. The minimum absolute atomic E-state index is 0.235. The average molecular weight is 337 g/mol. The summed E-state index contributed by atoms with van der Waals surface area (Å²) in [6, 6.07) is 13.4. The largest absolute Gasteiger partial charge is 0.360 e. The van der Waals surface area contributed by atoms with Gasteiger partial charge in [-0.1, -0.05) is 35.5 Å². The molecule has 25 heavy (non-hydrogen) atoms. The first-order valence-electron chi connectivity index (χ1n) is 7.98. The molecule has 0 aliphatic rings. The lowest BCUT2D eigenvalue weighted by molar-refractivity contribution is 0.0949. The highest BCUT2D eigenvalue weighted by Crippen LogP contribution is 2.13. The average Bonchev–Trinajstić information content (AvgIpc) is 3.00. The summed E-state index contributed by atoms with van der Waals surface area (Å²) in [6.45, 7) is 4.14. The van der Waals surface area contributed by atoms with E-state index >= 15 is 0 Å². The lowest BCUT2D eigenvalue weighted by atomic mass is 10.1. The zero-order valence-electron chi connectivity index (χ0n) is 14.1. The second-order valence-electron chi connectivity index (χ2n) is 5.66. The Kier molecular flexibility index (Phi) is 5.03. The summed E-state index contributed by atoms with van der Waals surface area (Å²) in [7, 11) is 0. The number of benzene rings is 1. The topological polar surface area (TPSA) is 92.9 Å². The SMILES string of the molecule is Cc1cc(C(=O)NCCc2ccccc2)nc(Nc2cc(C)on2)n1. The van der Waals surface area contributed by atoms with Gasteiger partial charge in [-0.05, 0) is 31.9 Å². The summed E-state index contributed by atoms with van der Waals surface area (Å²) >= 11 is 0.